The summed E-state index contributed by atoms with van der Waals surface area (Å²) in [5, 5.41) is 9.00. The van der Waals surface area contributed by atoms with Gasteiger partial charge in [0, 0.05) is 30.9 Å². The summed E-state index contributed by atoms with van der Waals surface area (Å²) >= 11 is 0. The van der Waals surface area contributed by atoms with E-state index in [1.165, 1.54) is 18.7 Å². The minimum absolute atomic E-state index is 0.564. The number of hydrogen-bond donors (Lipinski definition) is 0. The van der Waals surface area contributed by atoms with Crippen molar-refractivity contribution < 1.29 is 0 Å². The lowest BCUT2D eigenvalue weighted by atomic mass is 10.1. The highest BCUT2D eigenvalue weighted by Crippen LogP contribution is 2.23. The number of benzene rings is 1. The van der Waals surface area contributed by atoms with Crippen molar-refractivity contribution >= 4 is 5.69 Å². The van der Waals surface area contributed by atoms with Gasteiger partial charge in [-0.05, 0) is 45.0 Å². The normalized spacial score (nSPS) is 24.2. The lowest BCUT2D eigenvalue weighted by Crippen LogP contribution is -2.56. The van der Waals surface area contributed by atoms with Crippen molar-refractivity contribution in [2.24, 2.45) is 0 Å². The monoisotopic (exact) mass is 257 g/mol. The number of nitriles is 1. The van der Waals surface area contributed by atoms with Gasteiger partial charge in [-0.15, -0.1) is 0 Å². The second kappa shape index (κ2) is 6.08. The third kappa shape index (κ3) is 3.08. The maximum Gasteiger partial charge on any atom is 0.0992 e. The molecule has 0 bridgehead atoms. The third-order valence-corrected chi connectivity index (χ3v) is 3.92. The lowest BCUT2D eigenvalue weighted by molar-refractivity contribution is 0.132. The van der Waals surface area contributed by atoms with Crippen LogP contribution in [0.2, 0.25) is 0 Å². The molecule has 1 aliphatic heterocycles. The van der Waals surface area contributed by atoms with Crippen LogP contribution in [0.3, 0.4) is 0 Å². The van der Waals surface area contributed by atoms with Crippen LogP contribution in [-0.4, -0.2) is 36.6 Å². The number of hydrogen-bond acceptors (Lipinski definition) is 3. The fourth-order valence-electron chi connectivity index (χ4n) is 3.04. The Balaban J connectivity index is 2.13. The molecular weight excluding hydrogens is 234 g/mol. The van der Waals surface area contributed by atoms with Gasteiger partial charge in [0.25, 0.3) is 0 Å². The van der Waals surface area contributed by atoms with Crippen LogP contribution in [0.15, 0.2) is 24.3 Å². The summed E-state index contributed by atoms with van der Waals surface area (Å²) in [6.45, 7) is 10.1. The molecule has 2 atom stereocenters. The van der Waals surface area contributed by atoms with E-state index in [2.05, 4.69) is 42.7 Å². The molecule has 0 saturated carbocycles. The largest absolute Gasteiger partial charge is 0.368 e. The van der Waals surface area contributed by atoms with Gasteiger partial charge in [0.15, 0.2) is 0 Å². The van der Waals surface area contributed by atoms with E-state index in [4.69, 9.17) is 5.26 Å². The fraction of sp³-hybridized carbons (Fsp3) is 0.562. The number of piperazine rings is 1. The van der Waals surface area contributed by atoms with Crippen LogP contribution in [-0.2, 0) is 0 Å². The smallest absolute Gasteiger partial charge is 0.0992 e. The summed E-state index contributed by atoms with van der Waals surface area (Å²) in [5.41, 5.74) is 1.92. The predicted octanol–water partition coefficient (Wildman–Crippen LogP) is 2.87. The minimum Gasteiger partial charge on any atom is -0.368 e. The molecule has 0 aliphatic carbocycles. The molecule has 0 N–H and O–H groups in total. The van der Waals surface area contributed by atoms with Gasteiger partial charge in [-0.3, -0.25) is 4.90 Å². The molecule has 1 fully saturated rings. The predicted molar refractivity (Wildman–Crippen MR) is 79.3 cm³/mol. The Hall–Kier alpha value is -1.53. The Morgan fingerprint density at radius 3 is 2.53 bits per heavy atom. The van der Waals surface area contributed by atoms with Crippen LogP contribution in [0.5, 0.6) is 0 Å². The second-order valence-corrected chi connectivity index (χ2v) is 5.50. The zero-order valence-corrected chi connectivity index (χ0v) is 12.1. The first-order chi connectivity index (χ1) is 9.15. The molecule has 0 aromatic heterocycles. The van der Waals surface area contributed by atoms with Gasteiger partial charge in [-0.1, -0.05) is 13.0 Å². The molecule has 3 heteroatoms. The highest BCUT2D eigenvalue weighted by molar-refractivity contribution is 5.52. The van der Waals surface area contributed by atoms with Gasteiger partial charge < -0.3 is 4.90 Å². The van der Waals surface area contributed by atoms with Crippen molar-refractivity contribution in [3.63, 3.8) is 0 Å². The molecule has 3 nitrogen and oxygen atoms in total. The first-order valence-corrected chi connectivity index (χ1v) is 7.16. The lowest BCUT2D eigenvalue weighted by Gasteiger charge is -2.45. The Morgan fingerprint density at radius 1 is 1.26 bits per heavy atom. The average molecular weight is 257 g/mol. The maximum absolute atomic E-state index is 9.00. The van der Waals surface area contributed by atoms with Crippen LogP contribution in [0.4, 0.5) is 5.69 Å². The molecule has 1 aromatic rings. The van der Waals surface area contributed by atoms with Gasteiger partial charge in [-0.25, -0.2) is 0 Å². The average Bonchev–Trinajstić information content (AvgIpc) is 2.42. The second-order valence-electron chi connectivity index (χ2n) is 5.50. The van der Waals surface area contributed by atoms with E-state index in [0.29, 0.717) is 12.1 Å². The van der Waals surface area contributed by atoms with E-state index < -0.39 is 0 Å². The van der Waals surface area contributed by atoms with E-state index in [1.54, 1.807) is 0 Å². The molecule has 1 aliphatic rings. The standard InChI is InChI=1S/C16H23N3/c1-4-8-19-13(2)11-18(12-14(19)3)16-7-5-6-15(9-16)10-17/h5-7,9,13-14H,4,8,11-12H2,1-3H3/t13-,14+. The summed E-state index contributed by atoms with van der Waals surface area (Å²) in [4.78, 5) is 4.99. The number of nitrogens with zero attached hydrogens (tertiary/aromatic N) is 3. The molecule has 2 rings (SSSR count). The highest BCUT2D eigenvalue weighted by Gasteiger charge is 2.28. The van der Waals surface area contributed by atoms with Crippen molar-refractivity contribution in [3.8, 4) is 6.07 Å². The Morgan fingerprint density at radius 2 is 1.95 bits per heavy atom. The quantitative estimate of drug-likeness (QED) is 0.834. The summed E-state index contributed by atoms with van der Waals surface area (Å²) < 4.78 is 0. The molecule has 0 radical (unpaired) electrons. The van der Waals surface area contributed by atoms with Crippen molar-refractivity contribution in [2.45, 2.75) is 39.3 Å². The van der Waals surface area contributed by atoms with Gasteiger partial charge >= 0.3 is 0 Å². The van der Waals surface area contributed by atoms with Crippen molar-refractivity contribution in [1.29, 1.82) is 5.26 Å². The van der Waals surface area contributed by atoms with Crippen molar-refractivity contribution in [3.05, 3.63) is 29.8 Å². The summed E-state index contributed by atoms with van der Waals surface area (Å²) in [5.74, 6) is 0. The molecule has 19 heavy (non-hydrogen) atoms. The SMILES string of the molecule is CCCN1[C@H](C)CN(c2cccc(C#N)c2)C[C@@H]1C. The Kier molecular flexibility index (Phi) is 4.44. The van der Waals surface area contributed by atoms with Gasteiger partial charge in [-0.2, -0.15) is 5.26 Å². The van der Waals surface area contributed by atoms with Gasteiger partial charge in [0.2, 0.25) is 0 Å². The molecule has 0 spiro atoms. The topological polar surface area (TPSA) is 30.3 Å². The highest BCUT2D eigenvalue weighted by atomic mass is 15.3. The van der Waals surface area contributed by atoms with E-state index in [0.717, 1.165) is 18.7 Å². The Bertz CT molecular complexity index is 451. The van der Waals surface area contributed by atoms with Gasteiger partial charge in [0.05, 0.1) is 11.6 Å². The first kappa shape index (κ1) is 13.9. The van der Waals surface area contributed by atoms with Crippen molar-refractivity contribution in [1.82, 2.24) is 4.90 Å². The van der Waals surface area contributed by atoms with E-state index in [1.807, 2.05) is 18.2 Å². The molecule has 0 unspecified atom stereocenters. The van der Waals surface area contributed by atoms with Crippen molar-refractivity contribution in [2.75, 3.05) is 24.5 Å². The van der Waals surface area contributed by atoms with Crippen LogP contribution in [0.1, 0.15) is 32.8 Å². The summed E-state index contributed by atoms with van der Waals surface area (Å²) in [6, 6.07) is 11.3. The molecule has 1 saturated heterocycles. The van der Waals surface area contributed by atoms with Crippen LogP contribution in [0, 0.1) is 11.3 Å². The van der Waals surface area contributed by atoms with Crippen LogP contribution in [0.25, 0.3) is 0 Å². The molecule has 102 valence electrons. The van der Waals surface area contributed by atoms with E-state index in [9.17, 15) is 0 Å². The summed E-state index contributed by atoms with van der Waals surface area (Å²) in [6.07, 6.45) is 1.21. The minimum atomic E-state index is 0.564. The zero-order valence-electron chi connectivity index (χ0n) is 12.1. The van der Waals surface area contributed by atoms with Crippen LogP contribution < -0.4 is 4.90 Å². The number of anilines is 1. The zero-order chi connectivity index (χ0) is 13.8. The molecule has 1 heterocycles. The molecular formula is C16H23N3. The van der Waals surface area contributed by atoms with E-state index in [-0.39, 0.29) is 0 Å². The first-order valence-electron chi connectivity index (χ1n) is 7.16. The molecule has 1 aromatic carbocycles. The van der Waals surface area contributed by atoms with Crippen LogP contribution >= 0.6 is 0 Å². The van der Waals surface area contributed by atoms with Gasteiger partial charge in [0.1, 0.15) is 0 Å². The summed E-state index contributed by atoms with van der Waals surface area (Å²) in [7, 11) is 0. The number of rotatable bonds is 3. The maximum atomic E-state index is 9.00. The third-order valence-electron chi connectivity index (χ3n) is 3.92. The fourth-order valence-corrected chi connectivity index (χ4v) is 3.04. The van der Waals surface area contributed by atoms with E-state index >= 15 is 0 Å². The molecule has 0 amide bonds. The Labute approximate surface area is 116 Å².